The predicted molar refractivity (Wildman–Crippen MR) is 136 cm³/mol. The minimum atomic E-state index is -0.887. The van der Waals surface area contributed by atoms with Crippen LogP contribution in [-0.4, -0.2) is 39.4 Å². The maximum absolute atomic E-state index is 12.8. The van der Waals surface area contributed by atoms with E-state index in [1.165, 1.54) is 24.8 Å². The molecule has 0 aromatic heterocycles. The Balaban J connectivity index is 1.42. The van der Waals surface area contributed by atoms with Crippen LogP contribution < -0.4 is 0 Å². The van der Waals surface area contributed by atoms with Crippen molar-refractivity contribution < 1.29 is 19.7 Å². The molecule has 4 rings (SSSR count). The number of fused-ring (bicyclic) bond motifs is 3. The van der Waals surface area contributed by atoms with Crippen LogP contribution in [0.3, 0.4) is 0 Å². The smallest absolute Gasteiger partial charge is 0.138 e. The van der Waals surface area contributed by atoms with E-state index in [2.05, 4.69) is 34.3 Å². The molecule has 0 amide bonds. The first-order chi connectivity index (χ1) is 15.6. The molecule has 3 saturated carbocycles. The van der Waals surface area contributed by atoms with Crippen molar-refractivity contribution in [3.63, 3.8) is 0 Å². The molecule has 2 N–H and O–H groups in total. The monoisotopic (exact) mass is 474 g/mol. The van der Waals surface area contributed by atoms with Gasteiger partial charge in [-0.3, -0.25) is 4.79 Å². The van der Waals surface area contributed by atoms with Gasteiger partial charge in [0.15, 0.2) is 0 Å². The molecule has 1 heterocycles. The Morgan fingerprint density at radius 3 is 2.32 bits per heavy atom. The lowest BCUT2D eigenvalue weighted by Gasteiger charge is -2.61. The first-order valence-corrected chi connectivity index (χ1v) is 13.8. The molecular formula is C30H50O4. The van der Waals surface area contributed by atoms with Crippen molar-refractivity contribution in [1.29, 1.82) is 0 Å². The molecule has 4 heteroatoms. The van der Waals surface area contributed by atoms with Gasteiger partial charge in [0.05, 0.1) is 23.4 Å². The minimum absolute atomic E-state index is 0.203. The quantitative estimate of drug-likeness (QED) is 0.448. The summed E-state index contributed by atoms with van der Waals surface area (Å²) in [6.07, 6.45) is 8.74. The van der Waals surface area contributed by atoms with Gasteiger partial charge in [-0.15, -0.1) is 0 Å². The van der Waals surface area contributed by atoms with Crippen molar-refractivity contribution in [2.45, 2.75) is 136 Å². The van der Waals surface area contributed by atoms with Crippen LogP contribution in [0.2, 0.25) is 0 Å². The standard InChI is InChI=1S/C30H50O4/c1-19(9-12-24(32)30(8)18-15-25(34-30)27(4,5)33)20-10-11-22-28(20,6)16-13-21-26(2,3)23(31)14-17-29(21,22)7/h20-22,24-25,32-33H,1,9-18H2,2-8H3/t20-,21+,22+,24-,25-,28+,29+,30+/m1/s1. The van der Waals surface area contributed by atoms with Crippen LogP contribution >= 0.6 is 0 Å². The number of hydrogen-bond acceptors (Lipinski definition) is 4. The summed E-state index contributed by atoms with van der Waals surface area (Å²) in [6.45, 7) is 19.5. The van der Waals surface area contributed by atoms with Gasteiger partial charge in [0.25, 0.3) is 0 Å². The van der Waals surface area contributed by atoms with E-state index < -0.39 is 17.3 Å². The fraction of sp³-hybridized carbons (Fsp3) is 0.900. The van der Waals surface area contributed by atoms with E-state index in [4.69, 9.17) is 4.74 Å². The topological polar surface area (TPSA) is 66.8 Å². The van der Waals surface area contributed by atoms with Crippen LogP contribution in [0, 0.1) is 34.0 Å². The number of allylic oxidation sites excluding steroid dienone is 1. The molecule has 8 atom stereocenters. The predicted octanol–water partition coefficient (Wildman–Crippen LogP) is 6.23. The largest absolute Gasteiger partial charge is 0.390 e. The van der Waals surface area contributed by atoms with Crippen molar-refractivity contribution in [2.75, 3.05) is 0 Å². The second kappa shape index (κ2) is 8.42. The van der Waals surface area contributed by atoms with E-state index in [0.717, 1.165) is 38.5 Å². The van der Waals surface area contributed by atoms with Crippen molar-refractivity contribution in [3.8, 4) is 0 Å². The molecule has 3 aliphatic carbocycles. The molecule has 1 aliphatic heterocycles. The summed E-state index contributed by atoms with van der Waals surface area (Å²) in [7, 11) is 0. The summed E-state index contributed by atoms with van der Waals surface area (Å²) in [5.41, 5.74) is 0.0730. The zero-order valence-electron chi connectivity index (χ0n) is 22.9. The van der Waals surface area contributed by atoms with E-state index >= 15 is 0 Å². The van der Waals surface area contributed by atoms with E-state index in [0.29, 0.717) is 30.0 Å². The fourth-order valence-corrected chi connectivity index (χ4v) is 9.20. The molecule has 1 saturated heterocycles. The third kappa shape index (κ3) is 4.04. The Labute approximate surface area is 207 Å². The van der Waals surface area contributed by atoms with Crippen LogP contribution in [0.5, 0.6) is 0 Å². The molecule has 0 unspecified atom stereocenters. The zero-order chi connectivity index (χ0) is 25.3. The molecule has 194 valence electrons. The summed E-state index contributed by atoms with van der Waals surface area (Å²) in [5.74, 6) is 2.07. The number of Topliss-reactive ketones (excluding diaryl/α,β-unsaturated/α-hetero) is 1. The number of ketones is 1. The number of aliphatic hydroxyl groups is 2. The molecule has 4 fully saturated rings. The van der Waals surface area contributed by atoms with Gasteiger partial charge in [0.1, 0.15) is 5.78 Å². The van der Waals surface area contributed by atoms with Crippen molar-refractivity contribution >= 4 is 5.78 Å². The van der Waals surface area contributed by atoms with E-state index in [9.17, 15) is 15.0 Å². The van der Waals surface area contributed by atoms with Crippen molar-refractivity contribution in [3.05, 3.63) is 12.2 Å². The summed E-state index contributed by atoms with van der Waals surface area (Å²) < 4.78 is 6.18. The average Bonchev–Trinajstić information content (AvgIpc) is 3.31. The van der Waals surface area contributed by atoms with Crippen LogP contribution in [0.1, 0.15) is 113 Å². The molecule has 0 aromatic carbocycles. The van der Waals surface area contributed by atoms with Crippen molar-refractivity contribution in [2.24, 2.45) is 34.0 Å². The lowest BCUT2D eigenvalue weighted by atomic mass is 9.43. The van der Waals surface area contributed by atoms with Gasteiger partial charge in [0, 0.05) is 11.8 Å². The molecule has 0 radical (unpaired) electrons. The average molecular weight is 475 g/mol. The summed E-state index contributed by atoms with van der Waals surface area (Å²) in [5, 5.41) is 21.4. The van der Waals surface area contributed by atoms with Gasteiger partial charge >= 0.3 is 0 Å². The number of ether oxygens (including phenoxy) is 1. The zero-order valence-corrected chi connectivity index (χ0v) is 22.9. The highest BCUT2D eigenvalue weighted by atomic mass is 16.5. The Bertz CT molecular complexity index is 824. The number of aliphatic hydroxyl groups excluding tert-OH is 1. The molecular weight excluding hydrogens is 424 g/mol. The highest BCUT2D eigenvalue weighted by Gasteiger charge is 2.63. The molecule has 0 spiro atoms. The Hall–Kier alpha value is -0.710. The molecule has 0 aromatic rings. The van der Waals surface area contributed by atoms with Crippen LogP contribution in [-0.2, 0) is 9.53 Å². The Kier molecular flexibility index (Phi) is 6.52. The number of carbonyl (C=O) groups excluding carboxylic acids is 1. The fourth-order valence-electron chi connectivity index (χ4n) is 9.20. The second-order valence-electron chi connectivity index (χ2n) is 14.3. The maximum atomic E-state index is 12.8. The van der Waals surface area contributed by atoms with E-state index in [1.807, 2.05) is 6.92 Å². The third-order valence-electron chi connectivity index (χ3n) is 11.4. The van der Waals surface area contributed by atoms with Gasteiger partial charge < -0.3 is 14.9 Å². The normalized spacial score (nSPS) is 45.0. The Morgan fingerprint density at radius 1 is 1.03 bits per heavy atom. The van der Waals surface area contributed by atoms with Crippen LogP contribution in [0.15, 0.2) is 12.2 Å². The second-order valence-corrected chi connectivity index (χ2v) is 14.3. The van der Waals surface area contributed by atoms with E-state index in [1.54, 1.807) is 13.8 Å². The van der Waals surface area contributed by atoms with Crippen molar-refractivity contribution in [1.82, 2.24) is 0 Å². The van der Waals surface area contributed by atoms with Crippen LogP contribution in [0.4, 0.5) is 0 Å². The molecule has 0 bridgehead atoms. The maximum Gasteiger partial charge on any atom is 0.138 e. The van der Waals surface area contributed by atoms with Gasteiger partial charge in [-0.25, -0.2) is 0 Å². The number of hydrogen-bond donors (Lipinski definition) is 2. The first kappa shape index (κ1) is 26.4. The summed E-state index contributed by atoms with van der Waals surface area (Å²) in [4.78, 5) is 12.8. The molecule has 4 aliphatic rings. The Morgan fingerprint density at radius 2 is 1.71 bits per heavy atom. The number of carbonyl (C=O) groups is 1. The number of rotatable bonds is 6. The minimum Gasteiger partial charge on any atom is -0.390 e. The highest BCUT2D eigenvalue weighted by Crippen LogP contribution is 2.70. The molecule has 34 heavy (non-hydrogen) atoms. The SMILES string of the molecule is C=C(CC[C@@H](O)[C@]1(C)CC[C@H](C(C)(C)O)O1)[C@H]1CC[C@H]2[C@@]1(C)CC[C@H]1C(C)(C)C(=O)CC[C@]21C. The van der Waals surface area contributed by atoms with E-state index in [-0.39, 0.29) is 22.3 Å². The highest BCUT2D eigenvalue weighted by molar-refractivity contribution is 5.85. The van der Waals surface area contributed by atoms with Gasteiger partial charge in [-0.1, -0.05) is 39.8 Å². The van der Waals surface area contributed by atoms with Gasteiger partial charge in [-0.05, 0) is 107 Å². The third-order valence-corrected chi connectivity index (χ3v) is 11.4. The lowest BCUT2D eigenvalue weighted by molar-refractivity contribution is -0.157. The summed E-state index contributed by atoms with van der Waals surface area (Å²) in [6, 6.07) is 0. The van der Waals surface area contributed by atoms with Crippen LogP contribution in [0.25, 0.3) is 0 Å². The van der Waals surface area contributed by atoms with Gasteiger partial charge in [0.2, 0.25) is 0 Å². The summed E-state index contributed by atoms with van der Waals surface area (Å²) >= 11 is 0. The molecule has 4 nitrogen and oxygen atoms in total. The lowest BCUT2D eigenvalue weighted by Crippen LogP contribution is -2.57. The first-order valence-electron chi connectivity index (χ1n) is 13.8. The van der Waals surface area contributed by atoms with Gasteiger partial charge in [-0.2, -0.15) is 0 Å².